The average Bonchev–Trinajstić information content (AvgIpc) is 2.25. The molecule has 0 aliphatic rings. The first-order valence-corrected chi connectivity index (χ1v) is 5.78. The number of hydrogen-bond donors (Lipinski definition) is 1. The van der Waals surface area contributed by atoms with Crippen LogP contribution in [0.15, 0.2) is 18.2 Å². The number of hydrogen-bond acceptors (Lipinski definition) is 2. The van der Waals surface area contributed by atoms with Gasteiger partial charge in [0.15, 0.2) is 0 Å². The molecule has 3 heteroatoms. The molecule has 0 spiro atoms. The van der Waals surface area contributed by atoms with Crippen LogP contribution in [0.25, 0.3) is 0 Å². The molecule has 0 amide bonds. The van der Waals surface area contributed by atoms with E-state index >= 15 is 0 Å². The van der Waals surface area contributed by atoms with Crippen molar-refractivity contribution in [2.45, 2.75) is 27.7 Å². The highest BCUT2D eigenvalue weighted by Gasteiger charge is 2.19. The Bertz CT molecular complexity index is 427. The largest absolute Gasteiger partial charge is 0.382 e. The summed E-state index contributed by atoms with van der Waals surface area (Å²) in [5, 5.41) is 11.7. The van der Waals surface area contributed by atoms with Crippen molar-refractivity contribution >= 4 is 5.69 Å². The lowest BCUT2D eigenvalue weighted by molar-refractivity contribution is 0.274. The molecule has 0 aromatic heterocycles. The Balaban J connectivity index is 2.68. The summed E-state index contributed by atoms with van der Waals surface area (Å²) in [7, 11) is 0. The summed E-state index contributed by atoms with van der Waals surface area (Å²) in [5.74, 6) is 0.0581. The molecular weight excluding hydrogens is 215 g/mol. The van der Waals surface area contributed by atoms with Crippen LogP contribution in [-0.4, -0.2) is 6.54 Å². The molecule has 0 fully saturated rings. The zero-order valence-electron chi connectivity index (χ0n) is 10.8. The van der Waals surface area contributed by atoms with Gasteiger partial charge in [-0.1, -0.05) is 27.7 Å². The van der Waals surface area contributed by atoms with E-state index in [0.717, 1.165) is 0 Å². The molecule has 0 bridgehead atoms. The predicted octanol–water partition coefficient (Wildman–Crippen LogP) is 3.79. The van der Waals surface area contributed by atoms with Crippen molar-refractivity contribution in [1.82, 2.24) is 0 Å². The minimum Gasteiger partial charge on any atom is -0.382 e. The number of nitriles is 1. The third kappa shape index (κ3) is 3.74. The molecule has 17 heavy (non-hydrogen) atoms. The van der Waals surface area contributed by atoms with Gasteiger partial charge in [0.25, 0.3) is 0 Å². The van der Waals surface area contributed by atoms with Crippen molar-refractivity contribution in [3.05, 3.63) is 29.6 Å². The quantitative estimate of drug-likeness (QED) is 0.863. The lowest BCUT2D eigenvalue weighted by Crippen LogP contribution is -2.25. The van der Waals surface area contributed by atoms with Crippen molar-refractivity contribution in [2.75, 3.05) is 11.9 Å². The highest BCUT2D eigenvalue weighted by atomic mass is 19.1. The second-order valence-corrected chi connectivity index (χ2v) is 5.45. The fourth-order valence-electron chi connectivity index (χ4n) is 1.30. The molecule has 1 rings (SSSR count). The average molecular weight is 234 g/mol. The van der Waals surface area contributed by atoms with E-state index in [-0.39, 0.29) is 11.2 Å². The summed E-state index contributed by atoms with van der Waals surface area (Å²) >= 11 is 0. The molecule has 1 aromatic rings. The second-order valence-electron chi connectivity index (χ2n) is 5.45. The molecule has 1 N–H and O–H groups in total. The predicted molar refractivity (Wildman–Crippen MR) is 68.2 cm³/mol. The number of rotatable bonds is 3. The number of nitrogens with one attached hydrogen (secondary N) is 1. The van der Waals surface area contributed by atoms with Gasteiger partial charge >= 0.3 is 0 Å². The summed E-state index contributed by atoms with van der Waals surface area (Å²) in [6, 6.07) is 6.40. The van der Waals surface area contributed by atoms with Crippen molar-refractivity contribution in [3.63, 3.8) is 0 Å². The Morgan fingerprint density at radius 2 is 2.06 bits per heavy atom. The Labute approximate surface area is 102 Å². The van der Waals surface area contributed by atoms with E-state index in [1.807, 2.05) is 6.07 Å². The minimum absolute atomic E-state index is 0.191. The number of nitrogens with zero attached hydrogens (tertiary/aromatic N) is 1. The van der Waals surface area contributed by atoms with E-state index in [1.165, 1.54) is 6.07 Å². The molecule has 1 atom stereocenters. The maximum Gasteiger partial charge on any atom is 0.147 e. The van der Waals surface area contributed by atoms with E-state index in [0.29, 0.717) is 23.7 Å². The molecule has 1 unspecified atom stereocenters. The Kier molecular flexibility index (Phi) is 4.11. The van der Waals surface area contributed by atoms with E-state index in [2.05, 4.69) is 33.0 Å². The molecule has 0 saturated carbocycles. The van der Waals surface area contributed by atoms with Crippen LogP contribution in [-0.2, 0) is 0 Å². The van der Waals surface area contributed by atoms with Gasteiger partial charge in [-0.3, -0.25) is 0 Å². The fraction of sp³-hybridized carbons (Fsp3) is 0.500. The third-order valence-corrected chi connectivity index (χ3v) is 3.18. The molecule has 92 valence electrons. The molecular formula is C14H19FN2. The summed E-state index contributed by atoms with van der Waals surface area (Å²) < 4.78 is 13.6. The molecule has 0 radical (unpaired) electrons. The third-order valence-electron chi connectivity index (χ3n) is 3.18. The SMILES string of the molecule is CC(CNc1ccc(C#N)cc1F)C(C)(C)C. The van der Waals surface area contributed by atoms with Gasteiger partial charge in [-0.25, -0.2) is 4.39 Å². The van der Waals surface area contributed by atoms with E-state index < -0.39 is 0 Å². The van der Waals surface area contributed by atoms with Gasteiger partial charge in [0.1, 0.15) is 5.82 Å². The lowest BCUT2D eigenvalue weighted by Gasteiger charge is -2.27. The Morgan fingerprint density at radius 1 is 1.41 bits per heavy atom. The van der Waals surface area contributed by atoms with Gasteiger partial charge in [0.05, 0.1) is 17.3 Å². The molecule has 1 aromatic carbocycles. The van der Waals surface area contributed by atoms with Crippen LogP contribution in [0.3, 0.4) is 0 Å². The van der Waals surface area contributed by atoms with E-state index in [4.69, 9.17) is 5.26 Å². The van der Waals surface area contributed by atoms with Gasteiger partial charge < -0.3 is 5.32 Å². The maximum absolute atomic E-state index is 13.6. The van der Waals surface area contributed by atoms with Gasteiger partial charge in [0, 0.05) is 6.54 Å². The molecule has 0 aliphatic carbocycles. The number of anilines is 1. The smallest absolute Gasteiger partial charge is 0.147 e. The zero-order chi connectivity index (χ0) is 13.1. The summed E-state index contributed by atoms with van der Waals surface area (Å²) in [5.41, 5.74) is 0.993. The standard InChI is InChI=1S/C14H19FN2/c1-10(14(2,3)4)9-17-13-6-5-11(8-16)7-12(13)15/h5-7,10,17H,9H2,1-4H3. The van der Waals surface area contributed by atoms with Crippen LogP contribution in [0.2, 0.25) is 0 Å². The fourth-order valence-corrected chi connectivity index (χ4v) is 1.30. The van der Waals surface area contributed by atoms with Crippen LogP contribution in [0, 0.1) is 28.5 Å². The van der Waals surface area contributed by atoms with Crippen LogP contribution in [0.5, 0.6) is 0 Å². The van der Waals surface area contributed by atoms with Crippen molar-refractivity contribution in [3.8, 4) is 6.07 Å². The van der Waals surface area contributed by atoms with Gasteiger partial charge in [-0.05, 0) is 29.5 Å². The highest BCUT2D eigenvalue weighted by molar-refractivity contribution is 5.48. The maximum atomic E-state index is 13.6. The minimum atomic E-state index is -0.370. The van der Waals surface area contributed by atoms with Crippen molar-refractivity contribution in [2.24, 2.45) is 11.3 Å². The van der Waals surface area contributed by atoms with Gasteiger partial charge in [-0.2, -0.15) is 5.26 Å². The molecule has 2 nitrogen and oxygen atoms in total. The molecule has 0 aliphatic heterocycles. The topological polar surface area (TPSA) is 35.8 Å². The van der Waals surface area contributed by atoms with Gasteiger partial charge in [0.2, 0.25) is 0 Å². The Hall–Kier alpha value is -1.56. The monoisotopic (exact) mass is 234 g/mol. The Morgan fingerprint density at radius 3 is 2.53 bits per heavy atom. The summed E-state index contributed by atoms with van der Waals surface area (Å²) in [4.78, 5) is 0. The molecule has 0 saturated heterocycles. The van der Waals surface area contributed by atoms with Gasteiger partial charge in [-0.15, -0.1) is 0 Å². The van der Waals surface area contributed by atoms with Crippen molar-refractivity contribution < 1.29 is 4.39 Å². The second kappa shape index (κ2) is 5.18. The normalized spacial score (nSPS) is 12.9. The first kappa shape index (κ1) is 13.5. The van der Waals surface area contributed by atoms with Crippen molar-refractivity contribution in [1.29, 1.82) is 5.26 Å². The van der Waals surface area contributed by atoms with Crippen LogP contribution >= 0.6 is 0 Å². The summed E-state index contributed by atoms with van der Waals surface area (Å²) in [6.07, 6.45) is 0. The van der Waals surface area contributed by atoms with Crippen LogP contribution in [0.4, 0.5) is 10.1 Å². The van der Waals surface area contributed by atoms with Crippen LogP contribution in [0.1, 0.15) is 33.3 Å². The molecule has 0 heterocycles. The zero-order valence-corrected chi connectivity index (χ0v) is 10.8. The van der Waals surface area contributed by atoms with Crippen LogP contribution < -0.4 is 5.32 Å². The highest BCUT2D eigenvalue weighted by Crippen LogP contribution is 2.26. The number of halogens is 1. The number of benzene rings is 1. The summed E-state index contributed by atoms with van der Waals surface area (Å²) in [6.45, 7) is 9.33. The first-order valence-electron chi connectivity index (χ1n) is 5.78. The van der Waals surface area contributed by atoms with E-state index in [9.17, 15) is 4.39 Å². The van der Waals surface area contributed by atoms with E-state index in [1.54, 1.807) is 12.1 Å². The lowest BCUT2D eigenvalue weighted by atomic mass is 9.82. The first-order chi connectivity index (χ1) is 7.84.